The van der Waals surface area contributed by atoms with E-state index in [2.05, 4.69) is 22.3 Å². The van der Waals surface area contributed by atoms with Crippen LogP contribution in [0.25, 0.3) is 11.1 Å². The van der Waals surface area contributed by atoms with E-state index in [1.807, 2.05) is 42.3 Å². The van der Waals surface area contributed by atoms with Gasteiger partial charge in [-0.25, -0.2) is 0 Å². The first-order valence-corrected chi connectivity index (χ1v) is 13.3. The molecule has 0 spiro atoms. The number of anilines is 1. The van der Waals surface area contributed by atoms with Crippen molar-refractivity contribution in [3.8, 4) is 11.1 Å². The smallest absolute Gasteiger partial charge is 0.248 e. The standard InChI is InChI=1S/C29H32Cl2N4O3/c1-34(24-9-10-26(30)27(31)16-24)18-25(36)17-33-28(19-35-11-13-38-14-12-35)21-7-5-20(6-8-21)22-3-2-4-23(15-22)29(32)37/h2-10,15-16,28,33H,11-14,17-19H2,1H3,(H2,32,37). The summed E-state index contributed by atoms with van der Waals surface area (Å²) in [6, 6.07) is 20.8. The Kier molecular flexibility index (Phi) is 9.77. The average molecular weight is 556 g/mol. The molecule has 1 unspecified atom stereocenters. The van der Waals surface area contributed by atoms with Crippen LogP contribution in [0.2, 0.25) is 10.0 Å². The molecular weight excluding hydrogens is 523 g/mol. The molecule has 9 heteroatoms. The molecular formula is C29H32Cl2N4O3. The zero-order valence-corrected chi connectivity index (χ0v) is 22.8. The Labute approximate surface area is 233 Å². The number of ketones is 1. The molecule has 4 rings (SSSR count). The molecule has 7 nitrogen and oxygen atoms in total. The van der Waals surface area contributed by atoms with Crippen LogP contribution in [-0.4, -0.2) is 69.6 Å². The number of likely N-dealkylation sites (N-methyl/N-ethyl adjacent to an activating group) is 1. The molecule has 200 valence electrons. The lowest BCUT2D eigenvalue weighted by molar-refractivity contribution is -0.117. The Morgan fingerprint density at radius 2 is 1.74 bits per heavy atom. The zero-order chi connectivity index (χ0) is 27.1. The van der Waals surface area contributed by atoms with Crippen LogP contribution < -0.4 is 16.0 Å². The van der Waals surface area contributed by atoms with E-state index < -0.39 is 5.91 Å². The van der Waals surface area contributed by atoms with Crippen molar-refractivity contribution < 1.29 is 14.3 Å². The van der Waals surface area contributed by atoms with Crippen molar-refractivity contribution in [3.05, 3.63) is 87.9 Å². The lowest BCUT2D eigenvalue weighted by Crippen LogP contribution is -2.43. The Morgan fingerprint density at radius 1 is 1.00 bits per heavy atom. The maximum Gasteiger partial charge on any atom is 0.248 e. The van der Waals surface area contributed by atoms with Gasteiger partial charge in [-0.15, -0.1) is 0 Å². The van der Waals surface area contributed by atoms with Crippen LogP contribution in [0.15, 0.2) is 66.7 Å². The van der Waals surface area contributed by atoms with E-state index >= 15 is 0 Å². The second-order valence-corrected chi connectivity index (χ2v) is 10.2. The number of rotatable bonds is 11. The Bertz CT molecular complexity index is 1260. The third-order valence-corrected chi connectivity index (χ3v) is 7.38. The lowest BCUT2D eigenvalue weighted by atomic mass is 9.99. The fraction of sp³-hybridized carbons (Fsp3) is 0.310. The summed E-state index contributed by atoms with van der Waals surface area (Å²) in [5.41, 5.74) is 9.74. The second-order valence-electron chi connectivity index (χ2n) is 9.41. The fourth-order valence-electron chi connectivity index (χ4n) is 4.46. The molecule has 1 heterocycles. The van der Waals surface area contributed by atoms with Gasteiger partial charge in [0.25, 0.3) is 0 Å². The largest absolute Gasteiger partial charge is 0.379 e. The summed E-state index contributed by atoms with van der Waals surface area (Å²) in [4.78, 5) is 28.7. The molecule has 1 atom stereocenters. The van der Waals surface area contributed by atoms with Crippen molar-refractivity contribution in [2.45, 2.75) is 6.04 Å². The van der Waals surface area contributed by atoms with Gasteiger partial charge < -0.3 is 20.7 Å². The number of hydrogen-bond acceptors (Lipinski definition) is 6. The van der Waals surface area contributed by atoms with Crippen molar-refractivity contribution in [2.24, 2.45) is 5.73 Å². The van der Waals surface area contributed by atoms with E-state index in [0.29, 0.717) is 28.8 Å². The second kappa shape index (κ2) is 13.2. The van der Waals surface area contributed by atoms with Gasteiger partial charge in [0.15, 0.2) is 5.78 Å². The van der Waals surface area contributed by atoms with Gasteiger partial charge >= 0.3 is 0 Å². The molecule has 3 aromatic rings. The fourth-order valence-corrected chi connectivity index (χ4v) is 4.75. The third kappa shape index (κ3) is 7.56. The zero-order valence-electron chi connectivity index (χ0n) is 21.3. The Hall–Kier alpha value is -2.94. The van der Waals surface area contributed by atoms with Gasteiger partial charge in [0.05, 0.1) is 36.3 Å². The summed E-state index contributed by atoms with van der Waals surface area (Å²) in [6.45, 7) is 4.34. The van der Waals surface area contributed by atoms with Crippen LogP contribution in [0, 0.1) is 0 Å². The van der Waals surface area contributed by atoms with Gasteiger partial charge in [-0.05, 0) is 47.0 Å². The number of carbonyl (C=O) groups is 2. The molecule has 0 radical (unpaired) electrons. The van der Waals surface area contributed by atoms with E-state index in [1.54, 1.807) is 24.3 Å². The molecule has 38 heavy (non-hydrogen) atoms. The molecule has 1 fully saturated rings. The molecule has 1 amide bonds. The quantitative estimate of drug-likeness (QED) is 0.364. The minimum Gasteiger partial charge on any atom is -0.379 e. The van der Waals surface area contributed by atoms with Gasteiger partial charge in [-0.3, -0.25) is 14.5 Å². The predicted octanol–water partition coefficient (Wildman–Crippen LogP) is 4.43. The molecule has 1 aliphatic heterocycles. The van der Waals surface area contributed by atoms with Gasteiger partial charge in [-0.2, -0.15) is 0 Å². The van der Waals surface area contributed by atoms with Crippen LogP contribution in [-0.2, 0) is 9.53 Å². The van der Waals surface area contributed by atoms with Gasteiger partial charge in [0.2, 0.25) is 5.91 Å². The monoisotopic (exact) mass is 554 g/mol. The summed E-state index contributed by atoms with van der Waals surface area (Å²) < 4.78 is 5.51. The van der Waals surface area contributed by atoms with Crippen molar-refractivity contribution in [3.63, 3.8) is 0 Å². The van der Waals surface area contributed by atoms with Crippen molar-refractivity contribution in [2.75, 3.05) is 57.9 Å². The summed E-state index contributed by atoms with van der Waals surface area (Å²) in [7, 11) is 1.86. The van der Waals surface area contributed by atoms with E-state index in [0.717, 1.165) is 42.0 Å². The van der Waals surface area contributed by atoms with Gasteiger partial charge in [0.1, 0.15) is 0 Å². The average Bonchev–Trinajstić information content (AvgIpc) is 2.93. The first kappa shape index (κ1) is 28.1. The third-order valence-electron chi connectivity index (χ3n) is 6.64. The molecule has 1 aliphatic rings. The highest BCUT2D eigenvalue weighted by Crippen LogP contribution is 2.27. The number of Topliss-reactive ketones (excluding diaryl/α,β-unsaturated/α-hetero) is 1. The lowest BCUT2D eigenvalue weighted by Gasteiger charge is -2.31. The van der Waals surface area contributed by atoms with Crippen LogP contribution >= 0.6 is 23.2 Å². The highest BCUT2D eigenvalue weighted by atomic mass is 35.5. The topological polar surface area (TPSA) is 87.9 Å². The van der Waals surface area contributed by atoms with Crippen LogP contribution in [0.4, 0.5) is 5.69 Å². The predicted molar refractivity (Wildman–Crippen MR) is 153 cm³/mol. The molecule has 0 aliphatic carbocycles. The molecule has 0 saturated carbocycles. The van der Waals surface area contributed by atoms with E-state index in [4.69, 9.17) is 33.7 Å². The Morgan fingerprint density at radius 3 is 2.42 bits per heavy atom. The summed E-state index contributed by atoms with van der Waals surface area (Å²) >= 11 is 12.2. The minimum atomic E-state index is -0.451. The number of halogens is 2. The maximum atomic E-state index is 12.9. The van der Waals surface area contributed by atoms with Crippen LogP contribution in [0.3, 0.4) is 0 Å². The van der Waals surface area contributed by atoms with Crippen molar-refractivity contribution in [1.29, 1.82) is 0 Å². The highest BCUT2D eigenvalue weighted by Gasteiger charge is 2.20. The number of nitrogens with two attached hydrogens (primary N) is 1. The normalized spacial score (nSPS) is 14.7. The summed E-state index contributed by atoms with van der Waals surface area (Å²) in [5.74, 6) is -0.391. The summed E-state index contributed by atoms with van der Waals surface area (Å²) in [5, 5.41) is 4.41. The van der Waals surface area contributed by atoms with Gasteiger partial charge in [0, 0.05) is 44.0 Å². The number of ether oxygens (including phenoxy) is 1. The molecule has 3 N–H and O–H groups in total. The van der Waals surface area contributed by atoms with Crippen molar-refractivity contribution in [1.82, 2.24) is 10.2 Å². The number of morpholine rings is 1. The number of hydrogen-bond donors (Lipinski definition) is 2. The number of amides is 1. The SMILES string of the molecule is CN(CC(=O)CNC(CN1CCOCC1)c1ccc(-c2cccc(C(N)=O)c2)cc1)c1ccc(Cl)c(Cl)c1. The van der Waals surface area contributed by atoms with E-state index in [-0.39, 0.29) is 24.9 Å². The number of carbonyl (C=O) groups excluding carboxylic acids is 2. The Balaban J connectivity index is 1.44. The van der Waals surface area contributed by atoms with Crippen LogP contribution in [0.1, 0.15) is 22.0 Å². The number of nitrogens with one attached hydrogen (secondary N) is 1. The number of primary amides is 1. The summed E-state index contributed by atoms with van der Waals surface area (Å²) in [6.07, 6.45) is 0. The van der Waals surface area contributed by atoms with Crippen LogP contribution in [0.5, 0.6) is 0 Å². The molecule has 0 aromatic heterocycles. The van der Waals surface area contributed by atoms with Gasteiger partial charge in [-0.1, -0.05) is 59.6 Å². The van der Waals surface area contributed by atoms with Crippen molar-refractivity contribution >= 4 is 40.6 Å². The number of benzene rings is 3. The van der Waals surface area contributed by atoms with E-state index in [9.17, 15) is 9.59 Å². The molecule has 0 bridgehead atoms. The maximum absolute atomic E-state index is 12.9. The molecule has 1 saturated heterocycles. The minimum absolute atomic E-state index is 0.0432. The number of nitrogens with zero attached hydrogens (tertiary/aromatic N) is 2. The first-order chi connectivity index (χ1) is 18.3. The van der Waals surface area contributed by atoms with E-state index in [1.165, 1.54) is 0 Å². The first-order valence-electron chi connectivity index (χ1n) is 12.5. The highest BCUT2D eigenvalue weighted by molar-refractivity contribution is 6.42. The molecule has 3 aromatic carbocycles.